The minimum absolute atomic E-state index is 0.000502. The third-order valence-corrected chi connectivity index (χ3v) is 4.82. The first kappa shape index (κ1) is 17.3. The largest absolute Gasteiger partial charge is 0.341 e. The maximum Gasteiger partial charge on any atom is 0.255 e. The van der Waals surface area contributed by atoms with Crippen LogP contribution in [0.2, 0.25) is 0 Å². The van der Waals surface area contributed by atoms with E-state index in [0.29, 0.717) is 11.4 Å². The zero-order chi connectivity index (χ0) is 18.8. The van der Waals surface area contributed by atoms with E-state index in [1.54, 1.807) is 24.7 Å². The molecule has 0 aromatic carbocycles. The number of aromatic amines is 1. The Kier molecular flexibility index (Phi) is 4.66. The van der Waals surface area contributed by atoms with Crippen molar-refractivity contribution in [1.29, 1.82) is 0 Å². The molecule has 1 aliphatic rings. The molecule has 1 saturated heterocycles. The first-order valence-corrected chi connectivity index (χ1v) is 9.20. The molecule has 4 heterocycles. The number of imidazole rings is 1. The summed E-state index contributed by atoms with van der Waals surface area (Å²) >= 11 is 0. The molecule has 7 nitrogen and oxygen atoms in total. The summed E-state index contributed by atoms with van der Waals surface area (Å²) in [6.07, 6.45) is 8.03. The zero-order valence-corrected chi connectivity index (χ0v) is 15.5. The molecule has 4 rings (SSSR count). The molecule has 3 aromatic heterocycles. The van der Waals surface area contributed by atoms with E-state index >= 15 is 0 Å². The minimum atomic E-state index is -0.0667. The first-order valence-electron chi connectivity index (χ1n) is 9.20. The van der Waals surface area contributed by atoms with Gasteiger partial charge in [0.1, 0.15) is 11.5 Å². The predicted molar refractivity (Wildman–Crippen MR) is 101 cm³/mol. The number of aromatic nitrogens is 5. The highest BCUT2D eigenvalue weighted by atomic mass is 16.2. The Bertz CT molecular complexity index is 952. The summed E-state index contributed by atoms with van der Waals surface area (Å²) in [5.41, 5.74) is 3.21. The minimum Gasteiger partial charge on any atom is -0.341 e. The molecule has 0 spiro atoms. The number of amides is 1. The van der Waals surface area contributed by atoms with Crippen molar-refractivity contribution in [3.8, 4) is 11.5 Å². The van der Waals surface area contributed by atoms with E-state index in [-0.39, 0.29) is 11.9 Å². The van der Waals surface area contributed by atoms with Gasteiger partial charge in [0, 0.05) is 30.8 Å². The maximum absolute atomic E-state index is 13.1. The topological polar surface area (TPSA) is 87.7 Å². The number of hydrogen-bond acceptors (Lipinski definition) is 5. The van der Waals surface area contributed by atoms with Crippen LogP contribution in [0, 0.1) is 13.8 Å². The van der Waals surface area contributed by atoms with Crippen LogP contribution in [0.25, 0.3) is 11.5 Å². The Morgan fingerprint density at radius 3 is 2.85 bits per heavy atom. The average Bonchev–Trinajstić information content (AvgIpc) is 3.14. The van der Waals surface area contributed by atoms with Crippen LogP contribution >= 0.6 is 0 Å². The fourth-order valence-corrected chi connectivity index (χ4v) is 3.56. The van der Waals surface area contributed by atoms with E-state index in [1.807, 2.05) is 30.9 Å². The Labute approximate surface area is 157 Å². The summed E-state index contributed by atoms with van der Waals surface area (Å²) in [7, 11) is 0. The van der Waals surface area contributed by atoms with E-state index in [2.05, 4.69) is 24.9 Å². The third kappa shape index (κ3) is 3.58. The maximum atomic E-state index is 13.1. The van der Waals surface area contributed by atoms with Gasteiger partial charge in [-0.3, -0.25) is 9.78 Å². The molecule has 3 aromatic rings. The molecule has 0 saturated carbocycles. The van der Waals surface area contributed by atoms with Crippen molar-refractivity contribution in [1.82, 2.24) is 29.8 Å². The zero-order valence-electron chi connectivity index (χ0n) is 15.5. The van der Waals surface area contributed by atoms with Gasteiger partial charge >= 0.3 is 0 Å². The Balaban J connectivity index is 1.70. The highest BCUT2D eigenvalue weighted by Crippen LogP contribution is 2.32. The summed E-state index contributed by atoms with van der Waals surface area (Å²) in [6.45, 7) is 4.55. The van der Waals surface area contributed by atoms with Crippen molar-refractivity contribution in [2.75, 3.05) is 6.54 Å². The molecule has 0 bridgehead atoms. The van der Waals surface area contributed by atoms with Crippen LogP contribution in [0.5, 0.6) is 0 Å². The molecule has 7 heteroatoms. The van der Waals surface area contributed by atoms with Crippen LogP contribution in [-0.4, -0.2) is 42.3 Å². The van der Waals surface area contributed by atoms with E-state index in [0.717, 1.165) is 48.7 Å². The lowest BCUT2D eigenvalue weighted by molar-refractivity contribution is 0.0605. The Hall–Kier alpha value is -3.09. The fraction of sp³-hybridized carbons (Fsp3) is 0.350. The number of carbonyl (C=O) groups is 1. The molecular weight excluding hydrogens is 340 g/mol. The standard InChI is InChI=1S/C20H22N6O/c1-13-11-22-19(23-13)17-10-16(24-14(2)25-17)18-7-3-4-9-26(18)20(27)15-6-5-8-21-12-15/h5-6,8,10-12,18H,3-4,7,9H2,1-2H3,(H,22,23). The normalized spacial score (nSPS) is 17.1. The smallest absolute Gasteiger partial charge is 0.255 e. The van der Waals surface area contributed by atoms with Gasteiger partial charge in [-0.2, -0.15) is 0 Å². The van der Waals surface area contributed by atoms with Gasteiger partial charge in [0.15, 0.2) is 5.82 Å². The number of hydrogen-bond donors (Lipinski definition) is 1. The quantitative estimate of drug-likeness (QED) is 0.773. The van der Waals surface area contributed by atoms with Crippen molar-refractivity contribution in [3.05, 3.63) is 59.6 Å². The monoisotopic (exact) mass is 362 g/mol. The van der Waals surface area contributed by atoms with Gasteiger partial charge in [0.25, 0.3) is 5.91 Å². The molecule has 1 amide bonds. The molecule has 0 aliphatic carbocycles. The number of pyridine rings is 1. The van der Waals surface area contributed by atoms with Crippen molar-refractivity contribution < 1.29 is 4.79 Å². The Morgan fingerprint density at radius 2 is 2.11 bits per heavy atom. The summed E-state index contributed by atoms with van der Waals surface area (Å²) in [4.78, 5) is 35.8. The molecule has 1 unspecified atom stereocenters. The fourth-order valence-electron chi connectivity index (χ4n) is 3.56. The lowest BCUT2D eigenvalue weighted by Crippen LogP contribution is -2.39. The number of H-pyrrole nitrogens is 1. The van der Waals surface area contributed by atoms with E-state index in [9.17, 15) is 4.79 Å². The van der Waals surface area contributed by atoms with Crippen LogP contribution in [0.15, 0.2) is 36.8 Å². The van der Waals surface area contributed by atoms with Gasteiger partial charge in [-0.15, -0.1) is 0 Å². The number of likely N-dealkylation sites (tertiary alicyclic amines) is 1. The second-order valence-electron chi connectivity index (χ2n) is 6.89. The number of nitrogens with one attached hydrogen (secondary N) is 1. The van der Waals surface area contributed by atoms with Crippen molar-refractivity contribution in [2.45, 2.75) is 39.2 Å². The van der Waals surface area contributed by atoms with Gasteiger partial charge in [0.05, 0.1) is 17.3 Å². The number of carbonyl (C=O) groups excluding carboxylic acids is 1. The van der Waals surface area contributed by atoms with E-state index < -0.39 is 0 Å². The average molecular weight is 362 g/mol. The number of aryl methyl sites for hydroxylation is 2. The summed E-state index contributed by atoms with van der Waals surface area (Å²) in [5, 5.41) is 0. The molecule has 27 heavy (non-hydrogen) atoms. The molecular formula is C20H22N6O. The Morgan fingerprint density at radius 1 is 1.22 bits per heavy atom. The third-order valence-electron chi connectivity index (χ3n) is 4.82. The van der Waals surface area contributed by atoms with Gasteiger partial charge in [-0.1, -0.05) is 0 Å². The lowest BCUT2D eigenvalue weighted by Gasteiger charge is -2.35. The van der Waals surface area contributed by atoms with E-state index in [4.69, 9.17) is 0 Å². The van der Waals surface area contributed by atoms with E-state index in [1.165, 1.54) is 0 Å². The first-order chi connectivity index (χ1) is 13.1. The van der Waals surface area contributed by atoms with Crippen LogP contribution in [-0.2, 0) is 0 Å². The summed E-state index contributed by atoms with van der Waals surface area (Å²) < 4.78 is 0. The molecule has 1 atom stereocenters. The van der Waals surface area contributed by atoms with Crippen LogP contribution < -0.4 is 0 Å². The summed E-state index contributed by atoms with van der Waals surface area (Å²) in [6, 6.07) is 5.48. The van der Waals surface area contributed by atoms with Crippen molar-refractivity contribution in [3.63, 3.8) is 0 Å². The lowest BCUT2D eigenvalue weighted by atomic mass is 9.97. The number of piperidine rings is 1. The molecule has 1 N–H and O–H groups in total. The number of rotatable bonds is 3. The van der Waals surface area contributed by atoms with Crippen molar-refractivity contribution in [2.24, 2.45) is 0 Å². The van der Waals surface area contributed by atoms with Crippen LogP contribution in [0.1, 0.15) is 52.9 Å². The molecule has 1 fully saturated rings. The highest BCUT2D eigenvalue weighted by Gasteiger charge is 2.30. The predicted octanol–water partition coefficient (Wildman–Crippen LogP) is 3.25. The SMILES string of the molecule is Cc1nc(-c2ncc(C)[nH]2)cc(C2CCCCN2C(=O)c2cccnc2)n1. The van der Waals surface area contributed by atoms with Gasteiger partial charge in [0.2, 0.25) is 0 Å². The van der Waals surface area contributed by atoms with Gasteiger partial charge in [-0.05, 0) is 51.3 Å². The van der Waals surface area contributed by atoms with Crippen molar-refractivity contribution >= 4 is 5.91 Å². The summed E-state index contributed by atoms with van der Waals surface area (Å²) in [5.74, 6) is 1.40. The van der Waals surface area contributed by atoms with Gasteiger partial charge < -0.3 is 9.88 Å². The highest BCUT2D eigenvalue weighted by molar-refractivity contribution is 5.94. The molecule has 1 aliphatic heterocycles. The van der Waals surface area contributed by atoms with Crippen LogP contribution in [0.4, 0.5) is 0 Å². The number of nitrogens with zero attached hydrogens (tertiary/aromatic N) is 5. The molecule has 138 valence electrons. The molecule has 0 radical (unpaired) electrons. The second-order valence-corrected chi connectivity index (χ2v) is 6.89. The van der Waals surface area contributed by atoms with Crippen LogP contribution in [0.3, 0.4) is 0 Å². The second kappa shape index (κ2) is 7.26. The van der Waals surface area contributed by atoms with Gasteiger partial charge in [-0.25, -0.2) is 15.0 Å².